The quantitative estimate of drug-likeness (QED) is 0.910. The third kappa shape index (κ3) is 3.52. The lowest BCUT2D eigenvalue weighted by atomic mass is 9.85. The van der Waals surface area contributed by atoms with Crippen molar-refractivity contribution >= 4 is 0 Å². The lowest BCUT2D eigenvalue weighted by molar-refractivity contribution is -0.138. The Labute approximate surface area is 117 Å². The second kappa shape index (κ2) is 6.59. The summed E-state index contributed by atoms with van der Waals surface area (Å²) in [6.07, 6.45) is -2.72. The molecule has 0 spiro atoms. The van der Waals surface area contributed by atoms with Gasteiger partial charge in [-0.3, -0.25) is 0 Å². The number of hydrogen-bond acceptors (Lipinski definition) is 2. The van der Waals surface area contributed by atoms with Gasteiger partial charge in [0.15, 0.2) is 0 Å². The van der Waals surface area contributed by atoms with Gasteiger partial charge in [0.2, 0.25) is 0 Å². The first-order valence-corrected chi connectivity index (χ1v) is 7.01. The number of hydrogen-bond donors (Lipinski definition) is 1. The minimum atomic E-state index is -4.31. The molecule has 0 aliphatic carbocycles. The number of rotatable bonds is 4. The summed E-state index contributed by atoms with van der Waals surface area (Å²) in [5, 5.41) is 3.23. The van der Waals surface area contributed by atoms with Gasteiger partial charge in [0.25, 0.3) is 0 Å². The molecule has 2 nitrogen and oxygen atoms in total. The molecule has 0 aromatic heterocycles. The van der Waals surface area contributed by atoms with Crippen LogP contribution < -0.4 is 5.32 Å². The lowest BCUT2D eigenvalue weighted by Crippen LogP contribution is -2.33. The number of ether oxygens (including phenoxy) is 1. The molecule has 20 heavy (non-hydrogen) atoms. The van der Waals surface area contributed by atoms with Crippen molar-refractivity contribution in [2.24, 2.45) is 5.92 Å². The van der Waals surface area contributed by atoms with Crippen molar-refractivity contribution in [2.45, 2.75) is 32.0 Å². The smallest absolute Gasteiger partial charge is 0.381 e. The van der Waals surface area contributed by atoms with E-state index in [1.807, 2.05) is 6.92 Å². The van der Waals surface area contributed by atoms with E-state index in [2.05, 4.69) is 5.32 Å². The van der Waals surface area contributed by atoms with E-state index < -0.39 is 11.7 Å². The first kappa shape index (κ1) is 15.3. The Morgan fingerprint density at radius 1 is 1.25 bits per heavy atom. The predicted molar refractivity (Wildman–Crippen MR) is 71.4 cm³/mol. The number of benzene rings is 1. The first-order chi connectivity index (χ1) is 9.54. The highest BCUT2D eigenvalue weighted by Crippen LogP contribution is 2.38. The minimum absolute atomic E-state index is 0.187. The van der Waals surface area contributed by atoms with E-state index in [0.29, 0.717) is 25.3 Å². The Kier molecular flexibility index (Phi) is 5.05. The van der Waals surface area contributed by atoms with Gasteiger partial charge in [-0.1, -0.05) is 25.1 Å². The fraction of sp³-hybridized carbons (Fsp3) is 0.600. The van der Waals surface area contributed by atoms with Gasteiger partial charge in [0.05, 0.1) is 5.56 Å². The topological polar surface area (TPSA) is 21.3 Å². The molecule has 1 aromatic carbocycles. The average Bonchev–Trinajstić information content (AvgIpc) is 2.45. The highest BCUT2D eigenvalue weighted by molar-refractivity contribution is 5.33. The number of halogens is 3. The normalized spacial score (nSPS) is 19.0. The van der Waals surface area contributed by atoms with Crippen molar-refractivity contribution in [3.8, 4) is 0 Å². The Balaban J connectivity index is 2.33. The second-order valence-electron chi connectivity index (χ2n) is 5.07. The van der Waals surface area contributed by atoms with Gasteiger partial charge in [-0.2, -0.15) is 13.2 Å². The maximum atomic E-state index is 13.2. The Bertz CT molecular complexity index is 427. The maximum absolute atomic E-state index is 13.2. The molecule has 1 aliphatic heterocycles. The van der Waals surface area contributed by atoms with E-state index in [1.54, 1.807) is 12.1 Å². The molecule has 1 fully saturated rings. The van der Waals surface area contributed by atoms with Gasteiger partial charge in [0.1, 0.15) is 0 Å². The molecule has 1 unspecified atom stereocenters. The summed E-state index contributed by atoms with van der Waals surface area (Å²) in [5.41, 5.74) is -0.175. The zero-order valence-corrected chi connectivity index (χ0v) is 11.5. The van der Waals surface area contributed by atoms with Crippen LogP contribution in [0.4, 0.5) is 13.2 Å². The molecule has 0 amide bonds. The predicted octanol–water partition coefficient (Wildman–Crippen LogP) is 3.78. The molecule has 1 N–H and O–H groups in total. The van der Waals surface area contributed by atoms with Crippen LogP contribution in [0.3, 0.4) is 0 Å². The van der Waals surface area contributed by atoms with E-state index >= 15 is 0 Å². The SMILES string of the molecule is CCNC(c1ccccc1C(F)(F)F)C1CCOCC1. The van der Waals surface area contributed by atoms with Crippen LogP contribution in [0.1, 0.15) is 36.9 Å². The van der Waals surface area contributed by atoms with Crippen molar-refractivity contribution in [1.82, 2.24) is 5.32 Å². The van der Waals surface area contributed by atoms with Crippen molar-refractivity contribution in [1.29, 1.82) is 0 Å². The molecule has 1 heterocycles. The number of nitrogens with one attached hydrogen (secondary N) is 1. The van der Waals surface area contributed by atoms with Crippen LogP contribution in [0.15, 0.2) is 24.3 Å². The molecule has 5 heteroatoms. The monoisotopic (exact) mass is 287 g/mol. The van der Waals surface area contributed by atoms with Crippen LogP contribution in [0.2, 0.25) is 0 Å². The summed E-state index contributed by atoms with van der Waals surface area (Å²) in [7, 11) is 0. The molecule has 0 saturated carbocycles. The van der Waals surface area contributed by atoms with E-state index in [1.165, 1.54) is 12.1 Å². The lowest BCUT2D eigenvalue weighted by Gasteiger charge is -2.32. The van der Waals surface area contributed by atoms with Gasteiger partial charge >= 0.3 is 6.18 Å². The number of alkyl halides is 3. The molecule has 1 atom stereocenters. The van der Waals surface area contributed by atoms with E-state index in [0.717, 1.165) is 12.8 Å². The largest absolute Gasteiger partial charge is 0.416 e. The Morgan fingerprint density at radius 3 is 2.50 bits per heavy atom. The van der Waals surface area contributed by atoms with Crippen LogP contribution in [0.25, 0.3) is 0 Å². The molecule has 0 radical (unpaired) electrons. The fourth-order valence-electron chi connectivity index (χ4n) is 2.83. The summed E-state index contributed by atoms with van der Waals surface area (Å²) in [6, 6.07) is 5.61. The van der Waals surface area contributed by atoms with Gasteiger partial charge in [-0.25, -0.2) is 0 Å². The highest BCUT2D eigenvalue weighted by atomic mass is 19.4. The average molecular weight is 287 g/mol. The third-order valence-corrected chi connectivity index (χ3v) is 3.76. The van der Waals surface area contributed by atoms with Crippen LogP contribution >= 0.6 is 0 Å². The molecule has 1 aromatic rings. The van der Waals surface area contributed by atoms with Crippen LogP contribution in [0.5, 0.6) is 0 Å². The van der Waals surface area contributed by atoms with Crippen LogP contribution in [0, 0.1) is 5.92 Å². The van der Waals surface area contributed by atoms with E-state index in [9.17, 15) is 13.2 Å². The van der Waals surface area contributed by atoms with E-state index in [-0.39, 0.29) is 12.0 Å². The summed E-state index contributed by atoms with van der Waals surface area (Å²) in [6.45, 7) is 3.82. The summed E-state index contributed by atoms with van der Waals surface area (Å²) >= 11 is 0. The van der Waals surface area contributed by atoms with Crippen molar-refractivity contribution in [2.75, 3.05) is 19.8 Å². The molecular weight excluding hydrogens is 267 g/mol. The van der Waals surface area contributed by atoms with E-state index in [4.69, 9.17) is 4.74 Å². The Hall–Kier alpha value is -1.07. The molecule has 112 valence electrons. The van der Waals surface area contributed by atoms with Crippen LogP contribution in [-0.2, 0) is 10.9 Å². The molecule has 1 saturated heterocycles. The zero-order valence-electron chi connectivity index (χ0n) is 11.5. The standard InChI is InChI=1S/C15H20F3NO/c1-2-19-14(11-7-9-20-10-8-11)12-5-3-4-6-13(12)15(16,17)18/h3-6,11,14,19H,2,7-10H2,1H3. The van der Waals surface area contributed by atoms with Crippen molar-refractivity contribution < 1.29 is 17.9 Å². The maximum Gasteiger partial charge on any atom is 0.416 e. The highest BCUT2D eigenvalue weighted by Gasteiger charge is 2.36. The van der Waals surface area contributed by atoms with Crippen molar-refractivity contribution in [3.63, 3.8) is 0 Å². The van der Waals surface area contributed by atoms with Gasteiger partial charge < -0.3 is 10.1 Å². The fourth-order valence-corrected chi connectivity index (χ4v) is 2.83. The minimum Gasteiger partial charge on any atom is -0.381 e. The zero-order chi connectivity index (χ0) is 14.6. The molecular formula is C15H20F3NO. The van der Waals surface area contributed by atoms with Gasteiger partial charge in [0, 0.05) is 19.3 Å². The summed E-state index contributed by atoms with van der Waals surface area (Å²) < 4.78 is 44.8. The molecule has 1 aliphatic rings. The van der Waals surface area contributed by atoms with Crippen LogP contribution in [-0.4, -0.2) is 19.8 Å². The van der Waals surface area contributed by atoms with Gasteiger partial charge in [-0.15, -0.1) is 0 Å². The van der Waals surface area contributed by atoms with Gasteiger partial charge in [-0.05, 0) is 36.9 Å². The first-order valence-electron chi connectivity index (χ1n) is 7.01. The summed E-state index contributed by atoms with van der Waals surface area (Å²) in [4.78, 5) is 0. The second-order valence-corrected chi connectivity index (χ2v) is 5.07. The molecule has 2 rings (SSSR count). The summed E-state index contributed by atoms with van der Waals surface area (Å²) in [5.74, 6) is 0.187. The van der Waals surface area contributed by atoms with Crippen molar-refractivity contribution in [3.05, 3.63) is 35.4 Å². The molecule has 0 bridgehead atoms. The third-order valence-electron chi connectivity index (χ3n) is 3.76. The Morgan fingerprint density at radius 2 is 1.90 bits per heavy atom.